The third kappa shape index (κ3) is 3.10. The van der Waals surface area contributed by atoms with Gasteiger partial charge in [-0.3, -0.25) is 0 Å². The fraction of sp³-hybridized carbons (Fsp3) is 0.538. The van der Waals surface area contributed by atoms with Crippen LogP contribution in [0, 0.1) is 0 Å². The molecule has 1 aliphatic heterocycles. The lowest BCUT2D eigenvalue weighted by Crippen LogP contribution is -2.26. The van der Waals surface area contributed by atoms with Crippen molar-refractivity contribution in [1.29, 1.82) is 0 Å². The summed E-state index contributed by atoms with van der Waals surface area (Å²) in [6.45, 7) is 1.08. The highest BCUT2D eigenvalue weighted by molar-refractivity contribution is 6.04. The molecular weight excluding hydrogens is 181 g/mol. The molecule has 15 heavy (non-hydrogen) atoms. The summed E-state index contributed by atoms with van der Waals surface area (Å²) in [4.78, 5) is 2.02. The first-order chi connectivity index (χ1) is 7.36. The summed E-state index contributed by atoms with van der Waals surface area (Å²) in [5, 5.41) is 0. The lowest BCUT2D eigenvalue weighted by atomic mass is 10.0. The second kappa shape index (κ2) is 5.36. The molecule has 1 unspecified atom stereocenters. The van der Waals surface area contributed by atoms with Gasteiger partial charge in [-0.15, -0.1) is 0 Å². The van der Waals surface area contributed by atoms with E-state index in [0.717, 1.165) is 6.54 Å². The summed E-state index contributed by atoms with van der Waals surface area (Å²) in [7, 11) is 5.89. The molecule has 1 aliphatic rings. The van der Waals surface area contributed by atoms with Crippen molar-refractivity contribution in [2.75, 3.05) is 6.54 Å². The number of rotatable bonds is 4. The minimum absolute atomic E-state index is 0.633. The maximum Gasteiger partial charge on any atom is 0.182 e. The smallest absolute Gasteiger partial charge is 0.182 e. The molecule has 2 rings (SSSR count). The standard InChI is InChI=1S/C13H18BN/c14-15-11-5-10-13(15)9-4-8-12-6-2-1-3-7-12/h1-3,6-7,13H,4-5,8-11H2. The first kappa shape index (κ1) is 10.8. The molecule has 0 N–H and O–H groups in total. The molecule has 0 amide bonds. The van der Waals surface area contributed by atoms with E-state index in [4.69, 9.17) is 7.98 Å². The van der Waals surface area contributed by atoms with E-state index in [0.29, 0.717) is 6.04 Å². The van der Waals surface area contributed by atoms with Crippen LogP contribution in [0.1, 0.15) is 31.2 Å². The van der Waals surface area contributed by atoms with Gasteiger partial charge in [-0.2, -0.15) is 0 Å². The van der Waals surface area contributed by atoms with Gasteiger partial charge in [0.15, 0.2) is 7.98 Å². The molecule has 0 spiro atoms. The summed E-state index contributed by atoms with van der Waals surface area (Å²) in [5.41, 5.74) is 1.44. The number of hydrogen-bond acceptors (Lipinski definition) is 1. The topological polar surface area (TPSA) is 3.24 Å². The first-order valence-corrected chi connectivity index (χ1v) is 5.91. The summed E-state index contributed by atoms with van der Waals surface area (Å²) < 4.78 is 0. The lowest BCUT2D eigenvalue weighted by Gasteiger charge is -2.19. The third-order valence-electron chi connectivity index (χ3n) is 3.27. The molecular formula is C13H18BN. The molecule has 0 bridgehead atoms. The Kier molecular flexibility index (Phi) is 3.84. The third-order valence-corrected chi connectivity index (χ3v) is 3.27. The predicted octanol–water partition coefficient (Wildman–Crippen LogP) is 2.56. The second-order valence-corrected chi connectivity index (χ2v) is 4.41. The molecule has 1 aromatic rings. The Morgan fingerprint density at radius 2 is 2.07 bits per heavy atom. The van der Waals surface area contributed by atoms with E-state index in [2.05, 4.69) is 30.3 Å². The van der Waals surface area contributed by atoms with Crippen LogP contribution in [0.5, 0.6) is 0 Å². The van der Waals surface area contributed by atoms with E-state index >= 15 is 0 Å². The van der Waals surface area contributed by atoms with Gasteiger partial charge in [0.25, 0.3) is 0 Å². The van der Waals surface area contributed by atoms with Crippen molar-refractivity contribution in [3.8, 4) is 0 Å². The maximum absolute atomic E-state index is 5.89. The molecule has 1 heterocycles. The molecule has 1 aromatic carbocycles. The van der Waals surface area contributed by atoms with Crippen molar-refractivity contribution < 1.29 is 0 Å². The Balaban J connectivity index is 1.71. The predicted molar refractivity (Wildman–Crippen MR) is 64.9 cm³/mol. The van der Waals surface area contributed by atoms with Gasteiger partial charge in [-0.25, -0.2) is 0 Å². The van der Waals surface area contributed by atoms with Gasteiger partial charge in [0, 0.05) is 0 Å². The van der Waals surface area contributed by atoms with Crippen LogP contribution >= 0.6 is 0 Å². The summed E-state index contributed by atoms with van der Waals surface area (Å²) >= 11 is 0. The van der Waals surface area contributed by atoms with Crippen LogP contribution < -0.4 is 0 Å². The van der Waals surface area contributed by atoms with Crippen molar-refractivity contribution in [1.82, 2.24) is 4.81 Å². The van der Waals surface area contributed by atoms with E-state index in [1.165, 1.54) is 37.7 Å². The van der Waals surface area contributed by atoms with E-state index in [1.54, 1.807) is 0 Å². The Morgan fingerprint density at radius 1 is 1.27 bits per heavy atom. The Morgan fingerprint density at radius 3 is 2.73 bits per heavy atom. The van der Waals surface area contributed by atoms with Crippen LogP contribution in [0.25, 0.3) is 0 Å². The van der Waals surface area contributed by atoms with Crippen molar-refractivity contribution in [2.24, 2.45) is 0 Å². The largest absolute Gasteiger partial charge is 0.351 e. The molecule has 0 aliphatic carbocycles. The molecule has 1 nitrogen and oxygen atoms in total. The number of hydrogen-bond donors (Lipinski definition) is 0. The lowest BCUT2D eigenvalue weighted by molar-refractivity contribution is 0.388. The molecule has 78 valence electrons. The average Bonchev–Trinajstić information content (AvgIpc) is 2.66. The Hall–Kier alpha value is -0.755. The van der Waals surface area contributed by atoms with Crippen molar-refractivity contribution >= 4 is 7.98 Å². The van der Waals surface area contributed by atoms with Crippen molar-refractivity contribution in [2.45, 2.75) is 38.1 Å². The van der Waals surface area contributed by atoms with Gasteiger partial charge in [0.05, 0.1) is 0 Å². The second-order valence-electron chi connectivity index (χ2n) is 4.41. The van der Waals surface area contributed by atoms with E-state index in [1.807, 2.05) is 4.81 Å². The number of aryl methyl sites for hydroxylation is 1. The van der Waals surface area contributed by atoms with Crippen LogP contribution in [0.15, 0.2) is 30.3 Å². The minimum Gasteiger partial charge on any atom is -0.351 e. The quantitative estimate of drug-likeness (QED) is 0.673. The average molecular weight is 199 g/mol. The highest BCUT2D eigenvalue weighted by atomic mass is 15.1. The molecule has 0 saturated carbocycles. The van der Waals surface area contributed by atoms with Crippen LogP contribution in [0.2, 0.25) is 0 Å². The van der Waals surface area contributed by atoms with Crippen LogP contribution in [-0.2, 0) is 6.42 Å². The Labute approximate surface area is 93.9 Å². The van der Waals surface area contributed by atoms with E-state index in [-0.39, 0.29) is 0 Å². The summed E-state index contributed by atoms with van der Waals surface area (Å²) in [5.74, 6) is 0. The zero-order valence-corrected chi connectivity index (χ0v) is 9.23. The first-order valence-electron chi connectivity index (χ1n) is 5.91. The zero-order valence-electron chi connectivity index (χ0n) is 9.23. The van der Waals surface area contributed by atoms with Gasteiger partial charge in [-0.05, 0) is 50.3 Å². The number of nitrogens with zero attached hydrogens (tertiary/aromatic N) is 1. The van der Waals surface area contributed by atoms with Gasteiger partial charge in [-0.1, -0.05) is 30.3 Å². The molecule has 1 fully saturated rings. The van der Waals surface area contributed by atoms with Crippen molar-refractivity contribution in [3.05, 3.63) is 35.9 Å². The van der Waals surface area contributed by atoms with Gasteiger partial charge < -0.3 is 4.81 Å². The SMILES string of the molecule is [B]N1CCCC1CCCc1ccccc1. The van der Waals surface area contributed by atoms with E-state index in [9.17, 15) is 0 Å². The fourth-order valence-corrected chi connectivity index (χ4v) is 2.35. The Bertz CT molecular complexity index is 286. The molecule has 1 saturated heterocycles. The molecule has 2 heteroatoms. The maximum atomic E-state index is 5.89. The monoisotopic (exact) mass is 199 g/mol. The summed E-state index contributed by atoms with van der Waals surface area (Å²) in [6.07, 6.45) is 6.23. The molecule has 2 radical (unpaired) electrons. The fourth-order valence-electron chi connectivity index (χ4n) is 2.35. The summed E-state index contributed by atoms with van der Waals surface area (Å²) in [6, 6.07) is 11.3. The number of benzene rings is 1. The van der Waals surface area contributed by atoms with Crippen LogP contribution in [0.3, 0.4) is 0 Å². The highest BCUT2D eigenvalue weighted by Gasteiger charge is 2.19. The molecule has 1 atom stereocenters. The zero-order chi connectivity index (χ0) is 10.5. The minimum atomic E-state index is 0.633. The highest BCUT2D eigenvalue weighted by Crippen LogP contribution is 2.19. The van der Waals surface area contributed by atoms with E-state index < -0.39 is 0 Å². The van der Waals surface area contributed by atoms with Crippen molar-refractivity contribution in [3.63, 3.8) is 0 Å². The normalized spacial score (nSPS) is 22.0. The van der Waals surface area contributed by atoms with Gasteiger partial charge in [0.1, 0.15) is 0 Å². The van der Waals surface area contributed by atoms with Crippen LogP contribution in [-0.4, -0.2) is 25.4 Å². The molecule has 0 aromatic heterocycles. The van der Waals surface area contributed by atoms with Gasteiger partial charge >= 0.3 is 0 Å². The van der Waals surface area contributed by atoms with Crippen LogP contribution in [0.4, 0.5) is 0 Å². The van der Waals surface area contributed by atoms with Gasteiger partial charge in [0.2, 0.25) is 0 Å².